The number of carboxylic acid groups (broad SMARTS) is 1. The smallest absolute Gasteiger partial charge is 0.333 e. The molecule has 1 aliphatic heterocycles. The van der Waals surface area contributed by atoms with Crippen LogP contribution in [0.1, 0.15) is 19.4 Å². The van der Waals surface area contributed by atoms with Crippen LogP contribution in [0.2, 0.25) is 0 Å². The third-order valence-electron chi connectivity index (χ3n) is 4.01. The van der Waals surface area contributed by atoms with Crippen molar-refractivity contribution in [2.24, 2.45) is 11.8 Å². The third kappa shape index (κ3) is 2.67. The Kier molecular flexibility index (Phi) is 4.09. The van der Waals surface area contributed by atoms with E-state index in [0.29, 0.717) is 12.1 Å². The molecule has 1 unspecified atom stereocenters. The minimum Gasteiger partial charge on any atom is -0.479 e. The number of carboxylic acids is 1. The molecule has 0 spiro atoms. The Balaban J connectivity index is 2.22. The number of amides is 1. The van der Waals surface area contributed by atoms with Crippen molar-refractivity contribution in [3.63, 3.8) is 0 Å². The van der Waals surface area contributed by atoms with Crippen molar-refractivity contribution in [3.8, 4) is 0 Å². The molecule has 3 atom stereocenters. The van der Waals surface area contributed by atoms with Crippen LogP contribution in [-0.4, -0.2) is 30.1 Å². The summed E-state index contributed by atoms with van der Waals surface area (Å²) < 4.78 is 0. The van der Waals surface area contributed by atoms with Gasteiger partial charge in [-0.2, -0.15) is 0 Å². The fraction of sp³-hybridized carbons (Fsp3) is 0.467. The van der Waals surface area contributed by atoms with Gasteiger partial charge in [-0.15, -0.1) is 0 Å². The summed E-state index contributed by atoms with van der Waals surface area (Å²) in [4.78, 5) is 24.0. The summed E-state index contributed by atoms with van der Waals surface area (Å²) in [6.45, 7) is 4.89. The summed E-state index contributed by atoms with van der Waals surface area (Å²) in [6, 6.07) is 8.77. The van der Waals surface area contributed by atoms with Crippen molar-refractivity contribution in [3.05, 3.63) is 35.9 Å². The summed E-state index contributed by atoms with van der Waals surface area (Å²) >= 11 is 0. The molecule has 20 heavy (non-hydrogen) atoms. The van der Waals surface area contributed by atoms with Crippen LogP contribution in [0.5, 0.6) is 0 Å². The number of carbonyl (C=O) groups excluding carboxylic acids is 1. The van der Waals surface area contributed by atoms with Gasteiger partial charge in [0.25, 0.3) is 0 Å². The van der Waals surface area contributed by atoms with Crippen molar-refractivity contribution in [1.82, 2.24) is 10.6 Å². The van der Waals surface area contributed by atoms with Crippen molar-refractivity contribution in [2.45, 2.75) is 19.4 Å². The second-order valence-corrected chi connectivity index (χ2v) is 5.53. The molecular formula is C15H20N2O3. The number of hydrogen-bond donors (Lipinski definition) is 3. The molecule has 1 amide bonds. The van der Waals surface area contributed by atoms with Crippen LogP contribution in [-0.2, 0) is 15.1 Å². The van der Waals surface area contributed by atoms with Gasteiger partial charge in [0.2, 0.25) is 5.91 Å². The molecule has 1 saturated heterocycles. The van der Waals surface area contributed by atoms with E-state index in [1.807, 2.05) is 13.0 Å². The molecule has 2 rings (SSSR count). The Morgan fingerprint density at radius 1 is 1.30 bits per heavy atom. The highest BCUT2D eigenvalue weighted by atomic mass is 16.4. The highest BCUT2D eigenvalue weighted by molar-refractivity contribution is 5.89. The average Bonchev–Trinajstić information content (AvgIpc) is 2.85. The fourth-order valence-corrected chi connectivity index (χ4v) is 2.52. The first-order chi connectivity index (χ1) is 9.45. The molecule has 0 bridgehead atoms. The largest absolute Gasteiger partial charge is 0.479 e. The number of aliphatic carboxylic acids is 1. The number of rotatable bonds is 4. The zero-order chi connectivity index (χ0) is 14.8. The van der Waals surface area contributed by atoms with E-state index in [9.17, 15) is 14.7 Å². The monoisotopic (exact) mass is 276 g/mol. The van der Waals surface area contributed by atoms with Crippen LogP contribution in [0.3, 0.4) is 0 Å². The Morgan fingerprint density at radius 2 is 1.95 bits per heavy atom. The minimum absolute atomic E-state index is 0.183. The van der Waals surface area contributed by atoms with E-state index < -0.39 is 11.5 Å². The molecule has 1 aromatic rings. The van der Waals surface area contributed by atoms with Gasteiger partial charge in [-0.25, -0.2) is 4.79 Å². The van der Waals surface area contributed by atoms with Crippen molar-refractivity contribution >= 4 is 11.9 Å². The van der Waals surface area contributed by atoms with Crippen LogP contribution in [0.4, 0.5) is 0 Å². The quantitative estimate of drug-likeness (QED) is 0.765. The Hall–Kier alpha value is -1.88. The molecule has 0 aromatic heterocycles. The maximum Gasteiger partial charge on any atom is 0.333 e. The van der Waals surface area contributed by atoms with E-state index in [2.05, 4.69) is 10.6 Å². The lowest BCUT2D eigenvalue weighted by Crippen LogP contribution is -2.52. The predicted molar refractivity (Wildman–Crippen MR) is 75.1 cm³/mol. The topological polar surface area (TPSA) is 78.4 Å². The molecule has 1 aromatic carbocycles. The van der Waals surface area contributed by atoms with Crippen LogP contribution < -0.4 is 10.6 Å². The summed E-state index contributed by atoms with van der Waals surface area (Å²) in [6.07, 6.45) is 0. The van der Waals surface area contributed by atoms with E-state index in [1.54, 1.807) is 24.3 Å². The fourth-order valence-electron chi connectivity index (χ4n) is 2.52. The Morgan fingerprint density at radius 3 is 2.45 bits per heavy atom. The SMILES string of the molecule is C[C@@H]1CNC[C@H]1C(=O)NC(C)(C(=O)O)c1ccccc1. The zero-order valence-corrected chi connectivity index (χ0v) is 11.7. The van der Waals surface area contributed by atoms with Gasteiger partial charge in [-0.05, 0) is 24.9 Å². The summed E-state index contributed by atoms with van der Waals surface area (Å²) in [5.41, 5.74) is -0.833. The molecule has 5 nitrogen and oxygen atoms in total. The van der Waals surface area contributed by atoms with Crippen molar-refractivity contribution in [2.75, 3.05) is 13.1 Å². The zero-order valence-electron chi connectivity index (χ0n) is 11.7. The molecule has 108 valence electrons. The molecule has 1 heterocycles. The number of hydrogen-bond acceptors (Lipinski definition) is 3. The summed E-state index contributed by atoms with van der Waals surface area (Å²) in [5, 5.41) is 15.4. The summed E-state index contributed by atoms with van der Waals surface area (Å²) in [7, 11) is 0. The van der Waals surface area contributed by atoms with Gasteiger partial charge in [-0.3, -0.25) is 4.79 Å². The van der Waals surface area contributed by atoms with Gasteiger partial charge in [0.15, 0.2) is 5.54 Å². The van der Waals surface area contributed by atoms with E-state index in [-0.39, 0.29) is 17.7 Å². The van der Waals surface area contributed by atoms with Gasteiger partial charge in [0, 0.05) is 6.54 Å². The Labute approximate surface area is 118 Å². The summed E-state index contributed by atoms with van der Waals surface area (Å²) in [5.74, 6) is -1.24. The molecule has 1 fully saturated rings. The van der Waals surface area contributed by atoms with Crippen molar-refractivity contribution in [1.29, 1.82) is 0 Å². The number of nitrogens with one attached hydrogen (secondary N) is 2. The second-order valence-electron chi connectivity index (χ2n) is 5.53. The van der Waals surface area contributed by atoms with E-state index in [1.165, 1.54) is 6.92 Å². The van der Waals surface area contributed by atoms with Crippen LogP contribution in [0, 0.1) is 11.8 Å². The molecular weight excluding hydrogens is 256 g/mol. The van der Waals surface area contributed by atoms with Gasteiger partial charge in [-0.1, -0.05) is 37.3 Å². The van der Waals surface area contributed by atoms with Gasteiger partial charge < -0.3 is 15.7 Å². The normalized spacial score (nSPS) is 24.9. The molecule has 0 radical (unpaired) electrons. The predicted octanol–water partition coefficient (Wildman–Crippen LogP) is 0.958. The molecule has 5 heteroatoms. The highest BCUT2D eigenvalue weighted by Gasteiger charge is 2.40. The Bertz CT molecular complexity index is 503. The number of carbonyl (C=O) groups is 2. The van der Waals surface area contributed by atoms with Gasteiger partial charge >= 0.3 is 5.97 Å². The van der Waals surface area contributed by atoms with Gasteiger partial charge in [0.1, 0.15) is 0 Å². The maximum absolute atomic E-state index is 12.3. The molecule has 0 aliphatic carbocycles. The molecule has 3 N–H and O–H groups in total. The van der Waals surface area contributed by atoms with Crippen molar-refractivity contribution < 1.29 is 14.7 Å². The first-order valence-corrected chi connectivity index (χ1v) is 6.77. The van der Waals surface area contributed by atoms with E-state index in [0.717, 1.165) is 6.54 Å². The van der Waals surface area contributed by atoms with Crippen LogP contribution in [0.15, 0.2) is 30.3 Å². The standard InChI is InChI=1S/C15H20N2O3/c1-10-8-16-9-12(10)13(18)17-15(2,14(19)20)11-6-4-3-5-7-11/h3-7,10,12,16H,8-9H2,1-2H3,(H,17,18)(H,19,20)/t10-,12-,15?/m1/s1. The lowest BCUT2D eigenvalue weighted by Gasteiger charge is -2.29. The first kappa shape index (κ1) is 14.5. The highest BCUT2D eigenvalue weighted by Crippen LogP contribution is 2.23. The molecule has 0 saturated carbocycles. The van der Waals surface area contributed by atoms with Gasteiger partial charge in [0.05, 0.1) is 5.92 Å². The lowest BCUT2D eigenvalue weighted by atomic mass is 9.89. The van der Waals surface area contributed by atoms with Crippen LogP contribution in [0.25, 0.3) is 0 Å². The second kappa shape index (κ2) is 5.63. The van der Waals surface area contributed by atoms with E-state index in [4.69, 9.17) is 0 Å². The number of benzene rings is 1. The average molecular weight is 276 g/mol. The molecule has 1 aliphatic rings. The van der Waals surface area contributed by atoms with Crippen LogP contribution >= 0.6 is 0 Å². The van der Waals surface area contributed by atoms with E-state index >= 15 is 0 Å². The first-order valence-electron chi connectivity index (χ1n) is 6.77. The minimum atomic E-state index is -1.40. The lowest BCUT2D eigenvalue weighted by molar-refractivity contribution is -0.148. The maximum atomic E-state index is 12.3. The third-order valence-corrected chi connectivity index (χ3v) is 4.01.